The normalized spacial score (nSPS) is 16.5. The van der Waals surface area contributed by atoms with Crippen LogP contribution in [0.4, 0.5) is 10.1 Å². The van der Waals surface area contributed by atoms with Crippen LogP contribution in [0.2, 0.25) is 5.02 Å². The second-order valence-electron chi connectivity index (χ2n) is 6.66. The van der Waals surface area contributed by atoms with Gasteiger partial charge >= 0.3 is 0 Å². The van der Waals surface area contributed by atoms with Gasteiger partial charge in [0.25, 0.3) is 5.91 Å². The molecule has 0 bridgehead atoms. The number of amidine groups is 1. The van der Waals surface area contributed by atoms with E-state index in [-0.39, 0.29) is 11.7 Å². The minimum atomic E-state index is -0.315. The van der Waals surface area contributed by atoms with E-state index in [0.717, 1.165) is 15.4 Å². The molecule has 1 saturated heterocycles. The molecule has 0 aromatic heterocycles. The van der Waals surface area contributed by atoms with Crippen LogP contribution < -0.4 is 0 Å². The molecule has 1 aliphatic heterocycles. The van der Waals surface area contributed by atoms with Crippen molar-refractivity contribution in [3.8, 4) is 0 Å². The quantitative estimate of drug-likeness (QED) is 0.369. The molecule has 4 rings (SSSR count). The van der Waals surface area contributed by atoms with Gasteiger partial charge in [0.1, 0.15) is 5.82 Å². The molecule has 3 aromatic carbocycles. The molecule has 0 radical (unpaired) electrons. The maximum atomic E-state index is 13.1. The average molecular weight is 469 g/mol. The Morgan fingerprint density at radius 1 is 1.00 bits per heavy atom. The summed E-state index contributed by atoms with van der Waals surface area (Å²) in [5, 5.41) is 1.31. The molecule has 3 aromatic rings. The van der Waals surface area contributed by atoms with Gasteiger partial charge in [-0.15, -0.1) is 0 Å². The van der Waals surface area contributed by atoms with E-state index in [1.54, 1.807) is 28.8 Å². The van der Waals surface area contributed by atoms with Crippen LogP contribution in [0.5, 0.6) is 0 Å². The maximum absolute atomic E-state index is 13.1. The number of benzene rings is 3. The van der Waals surface area contributed by atoms with Crippen molar-refractivity contribution >= 4 is 58.0 Å². The molecule has 1 heterocycles. The largest absolute Gasteiger partial charge is 0.287 e. The van der Waals surface area contributed by atoms with Crippen LogP contribution >= 0.6 is 35.1 Å². The van der Waals surface area contributed by atoms with E-state index in [9.17, 15) is 9.18 Å². The first-order valence-electron chi connectivity index (χ1n) is 9.61. The molecule has 0 aliphatic carbocycles. The highest BCUT2D eigenvalue weighted by atomic mass is 35.5. The minimum absolute atomic E-state index is 0.0759. The number of aliphatic imine (C=N–C) groups is 1. The second kappa shape index (κ2) is 9.73. The molecule has 1 fully saturated rings. The molecular formula is C24H18ClFN2OS2. The van der Waals surface area contributed by atoms with Crippen molar-refractivity contribution in [2.45, 2.75) is 16.7 Å². The predicted molar refractivity (Wildman–Crippen MR) is 128 cm³/mol. The van der Waals surface area contributed by atoms with Gasteiger partial charge in [0.15, 0.2) is 5.17 Å². The zero-order chi connectivity index (χ0) is 21.8. The molecule has 3 nitrogen and oxygen atoms in total. The number of carbonyl (C=O) groups is 1. The van der Waals surface area contributed by atoms with E-state index >= 15 is 0 Å². The molecule has 7 heteroatoms. The fraction of sp³-hybridized carbons (Fsp3) is 0.0833. The van der Waals surface area contributed by atoms with Crippen LogP contribution in [0.15, 0.2) is 92.5 Å². The van der Waals surface area contributed by atoms with Gasteiger partial charge in [-0.3, -0.25) is 9.69 Å². The number of thioether (sulfide) groups is 1. The standard InChI is InChI=1S/C24H18ClFN2OS2/c1-2-28-23(29)22(31-24(28)27-19-9-7-18(26)8-10-19)15-16-3-11-20(12-4-16)30-21-13-5-17(25)6-14-21/h3-15H,2H2,1H3/b22-15+,27-24?. The Morgan fingerprint density at radius 3 is 2.23 bits per heavy atom. The van der Waals surface area contributed by atoms with Crippen molar-refractivity contribution < 1.29 is 9.18 Å². The fourth-order valence-corrected chi connectivity index (χ4v) is 4.92. The van der Waals surface area contributed by atoms with Gasteiger partial charge in [-0.25, -0.2) is 9.38 Å². The van der Waals surface area contributed by atoms with Gasteiger partial charge in [0.05, 0.1) is 10.6 Å². The molecule has 0 N–H and O–H groups in total. The highest BCUT2D eigenvalue weighted by molar-refractivity contribution is 8.18. The van der Waals surface area contributed by atoms with E-state index in [1.807, 2.05) is 61.5 Å². The van der Waals surface area contributed by atoms with Crippen molar-refractivity contribution in [3.05, 3.63) is 94.1 Å². The molecule has 0 spiro atoms. The highest BCUT2D eigenvalue weighted by Gasteiger charge is 2.32. The Balaban J connectivity index is 1.51. The number of rotatable bonds is 5. The number of amides is 1. The van der Waals surface area contributed by atoms with Gasteiger partial charge in [-0.05, 0) is 91.0 Å². The minimum Gasteiger partial charge on any atom is -0.287 e. The number of likely N-dealkylation sites (N-methyl/N-ethyl adjacent to an activating group) is 1. The van der Waals surface area contributed by atoms with Gasteiger partial charge in [-0.1, -0.05) is 35.5 Å². The summed E-state index contributed by atoms with van der Waals surface area (Å²) in [5.41, 5.74) is 1.55. The Bertz CT molecular complexity index is 1140. The molecule has 31 heavy (non-hydrogen) atoms. The first-order valence-corrected chi connectivity index (χ1v) is 11.6. The third-order valence-corrected chi connectivity index (χ3v) is 6.76. The molecule has 0 saturated carbocycles. The molecule has 1 amide bonds. The van der Waals surface area contributed by atoms with Crippen molar-refractivity contribution in [1.29, 1.82) is 0 Å². The van der Waals surface area contributed by atoms with Gasteiger partial charge in [-0.2, -0.15) is 0 Å². The summed E-state index contributed by atoms with van der Waals surface area (Å²) in [4.78, 5) is 21.8. The molecule has 0 atom stereocenters. The Morgan fingerprint density at radius 2 is 1.61 bits per heavy atom. The van der Waals surface area contributed by atoms with Crippen molar-refractivity contribution in [1.82, 2.24) is 4.90 Å². The second-order valence-corrected chi connectivity index (χ2v) is 9.25. The van der Waals surface area contributed by atoms with Crippen LogP contribution in [0, 0.1) is 5.82 Å². The SMILES string of the molecule is CCN1C(=O)/C(=C\c2ccc(Sc3ccc(Cl)cc3)cc2)SC1=Nc1ccc(F)cc1. The maximum Gasteiger partial charge on any atom is 0.266 e. The first kappa shape index (κ1) is 21.7. The van der Waals surface area contributed by atoms with Gasteiger partial charge in [0.2, 0.25) is 0 Å². The number of carbonyl (C=O) groups excluding carboxylic acids is 1. The number of hydrogen-bond donors (Lipinski definition) is 0. The lowest BCUT2D eigenvalue weighted by molar-refractivity contribution is -0.122. The zero-order valence-corrected chi connectivity index (χ0v) is 19.0. The monoisotopic (exact) mass is 468 g/mol. The summed E-state index contributed by atoms with van der Waals surface area (Å²) >= 11 is 8.92. The fourth-order valence-electron chi connectivity index (χ4n) is 2.92. The number of halogens is 2. The van der Waals surface area contributed by atoms with E-state index in [1.165, 1.54) is 23.9 Å². The van der Waals surface area contributed by atoms with E-state index in [2.05, 4.69) is 4.99 Å². The lowest BCUT2D eigenvalue weighted by Crippen LogP contribution is -2.28. The van der Waals surface area contributed by atoms with Gasteiger partial charge in [0, 0.05) is 21.4 Å². The van der Waals surface area contributed by atoms with Crippen LogP contribution in [-0.2, 0) is 4.79 Å². The Kier molecular flexibility index (Phi) is 6.80. The van der Waals surface area contributed by atoms with Crippen molar-refractivity contribution in [2.75, 3.05) is 6.54 Å². The summed E-state index contributed by atoms with van der Waals surface area (Å²) in [6.45, 7) is 2.42. The van der Waals surface area contributed by atoms with Crippen LogP contribution in [0.1, 0.15) is 12.5 Å². The number of hydrogen-bond acceptors (Lipinski definition) is 4. The molecule has 156 valence electrons. The van der Waals surface area contributed by atoms with E-state index in [4.69, 9.17) is 11.6 Å². The summed E-state index contributed by atoms with van der Waals surface area (Å²) in [6.07, 6.45) is 1.87. The lowest BCUT2D eigenvalue weighted by Gasteiger charge is -2.11. The Hall–Kier alpha value is -2.54. The van der Waals surface area contributed by atoms with Crippen LogP contribution in [-0.4, -0.2) is 22.5 Å². The highest BCUT2D eigenvalue weighted by Crippen LogP contribution is 2.35. The first-order chi connectivity index (χ1) is 15.0. The summed E-state index contributed by atoms with van der Waals surface area (Å²) < 4.78 is 13.1. The average Bonchev–Trinajstić information content (AvgIpc) is 3.06. The molecule has 0 unspecified atom stereocenters. The summed E-state index contributed by atoms with van der Waals surface area (Å²) in [5.74, 6) is -0.391. The summed E-state index contributed by atoms with van der Waals surface area (Å²) in [7, 11) is 0. The van der Waals surface area contributed by atoms with E-state index in [0.29, 0.717) is 27.3 Å². The molecule has 1 aliphatic rings. The van der Waals surface area contributed by atoms with Crippen molar-refractivity contribution in [2.24, 2.45) is 4.99 Å². The lowest BCUT2D eigenvalue weighted by atomic mass is 10.2. The topological polar surface area (TPSA) is 32.7 Å². The Labute approximate surface area is 194 Å². The summed E-state index contributed by atoms with van der Waals surface area (Å²) in [6, 6.07) is 21.7. The van der Waals surface area contributed by atoms with Crippen molar-refractivity contribution in [3.63, 3.8) is 0 Å². The number of nitrogens with zero attached hydrogens (tertiary/aromatic N) is 2. The van der Waals surface area contributed by atoms with Crippen LogP contribution in [0.25, 0.3) is 6.08 Å². The third-order valence-electron chi connectivity index (χ3n) is 4.48. The third kappa shape index (κ3) is 5.39. The van der Waals surface area contributed by atoms with Gasteiger partial charge < -0.3 is 0 Å². The van der Waals surface area contributed by atoms with Crippen LogP contribution in [0.3, 0.4) is 0 Å². The smallest absolute Gasteiger partial charge is 0.266 e. The zero-order valence-electron chi connectivity index (χ0n) is 16.6. The predicted octanol–water partition coefficient (Wildman–Crippen LogP) is 7.25. The molecular weight excluding hydrogens is 451 g/mol. The van der Waals surface area contributed by atoms with E-state index < -0.39 is 0 Å².